The molecule has 116 valence electrons. The van der Waals surface area contributed by atoms with Crippen LogP contribution in [0.3, 0.4) is 0 Å². The largest absolute Gasteiger partial charge is 0.322 e. The zero-order chi connectivity index (χ0) is 15.4. The van der Waals surface area contributed by atoms with Gasteiger partial charge in [0.25, 0.3) is 0 Å². The molecule has 0 spiro atoms. The van der Waals surface area contributed by atoms with Crippen LogP contribution in [-0.2, 0) is 0 Å². The molecule has 1 heterocycles. The maximum atomic E-state index is 12.5. The van der Waals surface area contributed by atoms with E-state index in [4.69, 9.17) is 23.2 Å². The molecule has 2 amide bonds. The number of hydrogen-bond donors (Lipinski definition) is 2. The summed E-state index contributed by atoms with van der Waals surface area (Å²) in [6.45, 7) is 5.76. The lowest BCUT2D eigenvalue weighted by Crippen LogP contribution is -2.46. The average molecular weight is 330 g/mol. The quantitative estimate of drug-likeness (QED) is 0.877. The Balaban J connectivity index is 2.03. The first-order valence-corrected chi connectivity index (χ1v) is 7.98. The van der Waals surface area contributed by atoms with Crippen LogP contribution < -0.4 is 10.6 Å². The van der Waals surface area contributed by atoms with Crippen LogP contribution in [0.4, 0.5) is 10.5 Å². The van der Waals surface area contributed by atoms with Crippen molar-refractivity contribution in [3.8, 4) is 0 Å². The second-order valence-corrected chi connectivity index (χ2v) is 6.50. The van der Waals surface area contributed by atoms with E-state index in [1.54, 1.807) is 18.2 Å². The Morgan fingerprint density at radius 2 is 2.05 bits per heavy atom. The van der Waals surface area contributed by atoms with E-state index < -0.39 is 0 Å². The summed E-state index contributed by atoms with van der Waals surface area (Å²) in [6, 6.07) is 5.40. The fourth-order valence-corrected chi connectivity index (χ4v) is 3.03. The topological polar surface area (TPSA) is 44.4 Å². The van der Waals surface area contributed by atoms with Crippen molar-refractivity contribution in [3.05, 3.63) is 28.2 Å². The SMILES string of the molecule is CC(C)N(CC1CCCN1)C(=O)Nc1cc(Cl)cc(Cl)c1. The molecule has 1 aromatic rings. The lowest BCUT2D eigenvalue weighted by molar-refractivity contribution is 0.190. The van der Waals surface area contributed by atoms with Gasteiger partial charge in [-0.1, -0.05) is 23.2 Å². The number of halogens is 2. The highest BCUT2D eigenvalue weighted by atomic mass is 35.5. The maximum absolute atomic E-state index is 12.5. The fourth-order valence-electron chi connectivity index (χ4n) is 2.50. The first-order chi connectivity index (χ1) is 9.95. The summed E-state index contributed by atoms with van der Waals surface area (Å²) >= 11 is 11.9. The van der Waals surface area contributed by atoms with Gasteiger partial charge in [0, 0.05) is 34.4 Å². The van der Waals surface area contributed by atoms with Crippen LogP contribution in [0.25, 0.3) is 0 Å². The molecule has 1 aliphatic rings. The number of benzene rings is 1. The van der Waals surface area contributed by atoms with Gasteiger partial charge in [-0.25, -0.2) is 4.79 Å². The first-order valence-electron chi connectivity index (χ1n) is 7.23. The molecular weight excluding hydrogens is 309 g/mol. The van der Waals surface area contributed by atoms with E-state index in [2.05, 4.69) is 10.6 Å². The van der Waals surface area contributed by atoms with Crippen molar-refractivity contribution in [3.63, 3.8) is 0 Å². The number of anilines is 1. The minimum atomic E-state index is -0.128. The van der Waals surface area contributed by atoms with Crippen molar-refractivity contribution in [2.45, 2.75) is 38.8 Å². The summed E-state index contributed by atoms with van der Waals surface area (Å²) < 4.78 is 0. The van der Waals surface area contributed by atoms with Gasteiger partial charge in [-0.3, -0.25) is 0 Å². The number of carbonyl (C=O) groups is 1. The fraction of sp³-hybridized carbons (Fsp3) is 0.533. The lowest BCUT2D eigenvalue weighted by Gasteiger charge is -2.29. The van der Waals surface area contributed by atoms with Gasteiger partial charge < -0.3 is 15.5 Å². The second-order valence-electron chi connectivity index (χ2n) is 5.63. The third-order valence-corrected chi connectivity index (χ3v) is 4.01. The van der Waals surface area contributed by atoms with Crippen LogP contribution in [0.2, 0.25) is 10.0 Å². The Bertz CT molecular complexity index is 481. The lowest BCUT2D eigenvalue weighted by atomic mass is 10.2. The number of amides is 2. The summed E-state index contributed by atoms with van der Waals surface area (Å²) in [5.41, 5.74) is 0.613. The Labute approximate surface area is 135 Å². The molecule has 1 fully saturated rings. The highest BCUT2D eigenvalue weighted by molar-refractivity contribution is 6.35. The van der Waals surface area contributed by atoms with E-state index in [-0.39, 0.29) is 12.1 Å². The van der Waals surface area contributed by atoms with Crippen molar-refractivity contribution in [2.24, 2.45) is 0 Å². The van der Waals surface area contributed by atoms with Gasteiger partial charge in [-0.05, 0) is 51.4 Å². The molecule has 2 N–H and O–H groups in total. The molecule has 1 aliphatic heterocycles. The third kappa shape index (κ3) is 4.77. The standard InChI is InChI=1S/C15H21Cl2N3O/c1-10(2)20(9-13-4-3-5-18-13)15(21)19-14-7-11(16)6-12(17)8-14/h6-8,10,13,18H,3-5,9H2,1-2H3,(H,19,21). The molecule has 0 radical (unpaired) electrons. The van der Waals surface area contributed by atoms with Crippen molar-refractivity contribution < 1.29 is 4.79 Å². The van der Waals surface area contributed by atoms with E-state index in [1.165, 1.54) is 6.42 Å². The third-order valence-electron chi connectivity index (χ3n) is 3.58. The molecular formula is C15H21Cl2N3O. The van der Waals surface area contributed by atoms with Gasteiger partial charge in [0.15, 0.2) is 0 Å². The predicted octanol–water partition coefficient (Wildman–Crippen LogP) is 3.99. The number of hydrogen-bond acceptors (Lipinski definition) is 2. The molecule has 0 aromatic heterocycles. The summed E-state index contributed by atoms with van der Waals surface area (Å²) in [5, 5.41) is 7.30. The predicted molar refractivity (Wildman–Crippen MR) is 88.3 cm³/mol. The molecule has 1 unspecified atom stereocenters. The van der Waals surface area contributed by atoms with Gasteiger partial charge >= 0.3 is 6.03 Å². The van der Waals surface area contributed by atoms with E-state index in [1.807, 2.05) is 18.7 Å². The van der Waals surface area contributed by atoms with Crippen molar-refractivity contribution in [2.75, 3.05) is 18.4 Å². The van der Waals surface area contributed by atoms with E-state index in [0.29, 0.717) is 28.3 Å². The van der Waals surface area contributed by atoms with Crippen molar-refractivity contribution in [1.82, 2.24) is 10.2 Å². The van der Waals surface area contributed by atoms with Gasteiger partial charge in [-0.2, -0.15) is 0 Å². The Hall–Kier alpha value is -0.970. The van der Waals surface area contributed by atoms with Gasteiger partial charge in [-0.15, -0.1) is 0 Å². The highest BCUT2D eigenvalue weighted by Gasteiger charge is 2.23. The number of nitrogens with one attached hydrogen (secondary N) is 2. The summed E-state index contributed by atoms with van der Waals surface area (Å²) in [4.78, 5) is 14.3. The zero-order valence-corrected chi connectivity index (χ0v) is 13.8. The molecule has 1 aromatic carbocycles. The Morgan fingerprint density at radius 1 is 1.38 bits per heavy atom. The van der Waals surface area contributed by atoms with Crippen LogP contribution >= 0.6 is 23.2 Å². The summed E-state index contributed by atoms with van der Waals surface area (Å²) in [5.74, 6) is 0. The van der Waals surface area contributed by atoms with Crippen LogP contribution in [0.15, 0.2) is 18.2 Å². The monoisotopic (exact) mass is 329 g/mol. The molecule has 4 nitrogen and oxygen atoms in total. The summed E-state index contributed by atoms with van der Waals surface area (Å²) in [7, 11) is 0. The van der Waals surface area contributed by atoms with Crippen LogP contribution in [0.1, 0.15) is 26.7 Å². The minimum absolute atomic E-state index is 0.127. The maximum Gasteiger partial charge on any atom is 0.322 e. The van der Waals surface area contributed by atoms with E-state index in [9.17, 15) is 4.79 Å². The number of urea groups is 1. The summed E-state index contributed by atoms with van der Waals surface area (Å²) in [6.07, 6.45) is 2.28. The van der Waals surface area contributed by atoms with E-state index in [0.717, 1.165) is 13.0 Å². The average Bonchev–Trinajstić information content (AvgIpc) is 2.86. The molecule has 1 atom stereocenters. The van der Waals surface area contributed by atoms with Gasteiger partial charge in [0.2, 0.25) is 0 Å². The van der Waals surface area contributed by atoms with Gasteiger partial charge in [0.05, 0.1) is 0 Å². The van der Waals surface area contributed by atoms with Crippen molar-refractivity contribution >= 4 is 34.9 Å². The number of rotatable bonds is 4. The second kappa shape index (κ2) is 7.34. The molecule has 1 saturated heterocycles. The molecule has 0 bridgehead atoms. The van der Waals surface area contributed by atoms with Crippen LogP contribution in [0, 0.1) is 0 Å². The molecule has 21 heavy (non-hydrogen) atoms. The van der Waals surface area contributed by atoms with Gasteiger partial charge in [0.1, 0.15) is 0 Å². The zero-order valence-electron chi connectivity index (χ0n) is 12.3. The van der Waals surface area contributed by atoms with E-state index >= 15 is 0 Å². The van der Waals surface area contributed by atoms with Crippen molar-refractivity contribution in [1.29, 1.82) is 0 Å². The number of carbonyl (C=O) groups excluding carboxylic acids is 1. The van der Waals surface area contributed by atoms with Crippen LogP contribution in [-0.4, -0.2) is 36.1 Å². The molecule has 2 rings (SSSR count). The number of nitrogens with zero attached hydrogens (tertiary/aromatic N) is 1. The Kier molecular flexibility index (Phi) is 5.73. The first kappa shape index (κ1) is 16.4. The molecule has 6 heteroatoms. The van der Waals surface area contributed by atoms with Crippen LogP contribution in [0.5, 0.6) is 0 Å². The Morgan fingerprint density at radius 3 is 2.57 bits per heavy atom. The normalized spacial score (nSPS) is 18.0. The smallest absolute Gasteiger partial charge is 0.321 e. The minimum Gasteiger partial charge on any atom is -0.321 e. The molecule has 0 saturated carbocycles. The molecule has 0 aliphatic carbocycles. The highest BCUT2D eigenvalue weighted by Crippen LogP contribution is 2.23.